The molecule has 0 fully saturated rings. The lowest BCUT2D eigenvalue weighted by atomic mass is 9.96. The normalized spacial score (nSPS) is 13.6. The summed E-state index contributed by atoms with van der Waals surface area (Å²) in [5.74, 6) is -1.37. The first-order valence-electron chi connectivity index (χ1n) is 17.7. The molecule has 0 saturated carbocycles. The van der Waals surface area contributed by atoms with Gasteiger partial charge in [0.25, 0.3) is 0 Å². The molecular formula is C38H70O4. The van der Waals surface area contributed by atoms with Crippen molar-refractivity contribution in [2.24, 2.45) is 0 Å². The number of allylic oxidation sites excluding steroid dienone is 4. The van der Waals surface area contributed by atoms with Crippen molar-refractivity contribution < 1.29 is 18.9 Å². The maximum Gasteiger partial charge on any atom is 0.310 e. The lowest BCUT2D eigenvalue weighted by molar-refractivity contribution is -0.429. The summed E-state index contributed by atoms with van der Waals surface area (Å²) >= 11 is 0. The molecule has 0 unspecified atom stereocenters. The van der Waals surface area contributed by atoms with Crippen molar-refractivity contribution in [2.45, 2.75) is 175 Å². The number of hydrogen-bond donors (Lipinski definition) is 0. The maximum atomic E-state index is 7.19. The van der Waals surface area contributed by atoms with Crippen LogP contribution < -0.4 is 0 Å². The number of unbranched alkanes of at least 4 members (excludes halogenated alkanes) is 8. The van der Waals surface area contributed by atoms with Crippen LogP contribution in [-0.4, -0.2) is 37.0 Å². The molecule has 0 aromatic rings. The van der Waals surface area contributed by atoms with Gasteiger partial charge in [-0.25, -0.2) is 0 Å². The minimum atomic E-state index is -1.37. The molecule has 4 heteroatoms. The van der Waals surface area contributed by atoms with Crippen molar-refractivity contribution in [2.75, 3.05) is 19.8 Å². The molecule has 0 spiro atoms. The van der Waals surface area contributed by atoms with Crippen LogP contribution in [0.2, 0.25) is 0 Å². The fourth-order valence-electron chi connectivity index (χ4n) is 4.64. The molecular weight excluding hydrogens is 520 g/mol. The molecule has 0 atom stereocenters. The van der Waals surface area contributed by atoms with Gasteiger partial charge >= 0.3 is 5.97 Å². The molecule has 0 N–H and O–H groups in total. The molecule has 0 amide bonds. The van der Waals surface area contributed by atoms with Crippen molar-refractivity contribution >= 4 is 0 Å². The predicted molar refractivity (Wildman–Crippen MR) is 183 cm³/mol. The fraction of sp³-hybridized carbons (Fsp3) is 0.789. The lowest BCUT2D eigenvalue weighted by Gasteiger charge is -2.44. The number of hydrogen-bond acceptors (Lipinski definition) is 4. The van der Waals surface area contributed by atoms with Gasteiger partial charge in [-0.1, -0.05) is 155 Å². The van der Waals surface area contributed by atoms with E-state index in [0.717, 1.165) is 77.0 Å². The van der Waals surface area contributed by atoms with E-state index >= 15 is 0 Å². The molecule has 0 heterocycles. The molecule has 0 aliphatic carbocycles. The van der Waals surface area contributed by atoms with Gasteiger partial charge in [0.2, 0.25) is 0 Å². The highest BCUT2D eigenvalue weighted by Crippen LogP contribution is 2.36. The predicted octanol–water partition coefficient (Wildman–Crippen LogP) is 11.8. The standard InChI is InChI=1S/C38H70O4/c1-9-17-21-25-29-36(15-7,30-26-22-18-10-2)41-38(40-34-14-6,35-39-33-13-5)42-37(16-8,31-27-23-19-11-3)32-28-24-20-12-4/h25-32H,9-24,33-35H2,1-8H3/b29-25+,30-26+,31-27+,32-28+. The molecule has 0 bridgehead atoms. The zero-order valence-corrected chi connectivity index (χ0v) is 29.2. The smallest absolute Gasteiger partial charge is 0.310 e. The summed E-state index contributed by atoms with van der Waals surface area (Å²) in [6.45, 7) is 18.9. The van der Waals surface area contributed by atoms with Crippen LogP contribution in [0.5, 0.6) is 0 Å². The first kappa shape index (κ1) is 40.8. The lowest BCUT2D eigenvalue weighted by Crippen LogP contribution is -2.54. The van der Waals surface area contributed by atoms with Crippen molar-refractivity contribution in [3.8, 4) is 0 Å². The molecule has 0 rings (SSSR count). The first-order valence-corrected chi connectivity index (χ1v) is 17.7. The minimum Gasteiger partial charge on any atom is -0.373 e. The van der Waals surface area contributed by atoms with Gasteiger partial charge in [0.05, 0.1) is 6.61 Å². The Morgan fingerprint density at radius 2 is 0.810 bits per heavy atom. The Hall–Kier alpha value is -1.20. The van der Waals surface area contributed by atoms with Gasteiger partial charge in [-0.05, 0) is 51.4 Å². The summed E-state index contributed by atoms with van der Waals surface area (Å²) in [5.41, 5.74) is -1.33. The average Bonchev–Trinajstić information content (AvgIpc) is 3.00. The Morgan fingerprint density at radius 3 is 1.10 bits per heavy atom. The largest absolute Gasteiger partial charge is 0.373 e. The van der Waals surface area contributed by atoms with Crippen molar-refractivity contribution in [1.29, 1.82) is 0 Å². The Bertz CT molecular complexity index is 635. The van der Waals surface area contributed by atoms with E-state index < -0.39 is 17.2 Å². The summed E-state index contributed by atoms with van der Waals surface area (Å²) < 4.78 is 27.2. The van der Waals surface area contributed by atoms with E-state index in [1.807, 2.05) is 0 Å². The van der Waals surface area contributed by atoms with Gasteiger partial charge in [-0.2, -0.15) is 0 Å². The highest BCUT2D eigenvalue weighted by molar-refractivity contribution is 5.17. The van der Waals surface area contributed by atoms with Crippen LogP contribution >= 0.6 is 0 Å². The Balaban J connectivity index is 6.93. The van der Waals surface area contributed by atoms with E-state index in [-0.39, 0.29) is 6.61 Å². The topological polar surface area (TPSA) is 36.9 Å². The van der Waals surface area contributed by atoms with Crippen molar-refractivity contribution in [3.05, 3.63) is 48.6 Å². The quantitative estimate of drug-likeness (QED) is 0.0493. The second kappa shape index (κ2) is 26.2. The van der Waals surface area contributed by atoms with Gasteiger partial charge < -0.3 is 18.9 Å². The fourth-order valence-corrected chi connectivity index (χ4v) is 4.64. The minimum absolute atomic E-state index is 0.210. The monoisotopic (exact) mass is 591 g/mol. The Labute approximate surface area is 262 Å². The van der Waals surface area contributed by atoms with Crippen LogP contribution in [0.15, 0.2) is 48.6 Å². The molecule has 246 valence electrons. The van der Waals surface area contributed by atoms with Crippen LogP contribution in [0.1, 0.15) is 158 Å². The average molecular weight is 591 g/mol. The van der Waals surface area contributed by atoms with E-state index in [1.54, 1.807) is 0 Å². The third-order valence-corrected chi connectivity index (χ3v) is 7.45. The molecule has 4 nitrogen and oxygen atoms in total. The third kappa shape index (κ3) is 17.8. The molecule has 0 aliphatic heterocycles. The third-order valence-electron chi connectivity index (χ3n) is 7.45. The number of ether oxygens (including phenoxy) is 4. The first-order chi connectivity index (χ1) is 20.4. The van der Waals surface area contributed by atoms with E-state index in [1.165, 1.54) is 25.7 Å². The van der Waals surface area contributed by atoms with Gasteiger partial charge in [-0.15, -0.1) is 0 Å². The second-order valence-electron chi connectivity index (χ2n) is 11.6. The van der Waals surface area contributed by atoms with Gasteiger partial charge in [0.1, 0.15) is 17.8 Å². The highest BCUT2D eigenvalue weighted by Gasteiger charge is 2.46. The second-order valence-corrected chi connectivity index (χ2v) is 11.6. The van der Waals surface area contributed by atoms with E-state index in [9.17, 15) is 0 Å². The zero-order chi connectivity index (χ0) is 31.4. The zero-order valence-electron chi connectivity index (χ0n) is 29.2. The molecule has 0 aromatic heterocycles. The van der Waals surface area contributed by atoms with Gasteiger partial charge in [-0.3, -0.25) is 0 Å². The molecule has 0 aliphatic rings. The SMILES string of the molecule is CCCC/C=C/C(/C=C/CCCC)(CC)OC(COCCC)(OCCC)OC(/C=C/CCCC)(/C=C/CCCC)CC. The Kier molecular flexibility index (Phi) is 25.5. The van der Waals surface area contributed by atoms with Crippen molar-refractivity contribution in [1.82, 2.24) is 0 Å². The summed E-state index contributed by atoms with van der Waals surface area (Å²) in [4.78, 5) is 0. The van der Waals surface area contributed by atoms with E-state index in [4.69, 9.17) is 18.9 Å². The van der Waals surface area contributed by atoms with Crippen LogP contribution in [0, 0.1) is 0 Å². The summed E-state index contributed by atoms with van der Waals surface area (Å²) in [6, 6.07) is 0. The van der Waals surface area contributed by atoms with Crippen LogP contribution in [0.25, 0.3) is 0 Å². The van der Waals surface area contributed by atoms with E-state index in [0.29, 0.717) is 13.2 Å². The van der Waals surface area contributed by atoms with Crippen LogP contribution in [-0.2, 0) is 18.9 Å². The van der Waals surface area contributed by atoms with Crippen LogP contribution in [0.3, 0.4) is 0 Å². The number of rotatable bonds is 29. The van der Waals surface area contributed by atoms with E-state index in [2.05, 4.69) is 104 Å². The summed E-state index contributed by atoms with van der Waals surface area (Å²) in [7, 11) is 0. The molecule has 42 heavy (non-hydrogen) atoms. The molecule has 0 saturated heterocycles. The van der Waals surface area contributed by atoms with Crippen LogP contribution in [0.4, 0.5) is 0 Å². The molecule has 0 aromatic carbocycles. The van der Waals surface area contributed by atoms with Crippen molar-refractivity contribution in [3.63, 3.8) is 0 Å². The maximum absolute atomic E-state index is 7.19. The Morgan fingerprint density at radius 1 is 0.452 bits per heavy atom. The van der Waals surface area contributed by atoms with Gasteiger partial charge in [0, 0.05) is 6.61 Å². The summed E-state index contributed by atoms with van der Waals surface area (Å²) in [5, 5.41) is 0. The summed E-state index contributed by atoms with van der Waals surface area (Å²) in [6.07, 6.45) is 34.8. The van der Waals surface area contributed by atoms with Gasteiger partial charge in [0.15, 0.2) is 0 Å². The molecule has 0 radical (unpaired) electrons. The highest BCUT2D eigenvalue weighted by atomic mass is 16.9.